The Labute approximate surface area is 739 Å². The summed E-state index contributed by atoms with van der Waals surface area (Å²) in [4.78, 5) is 30.2. The van der Waals surface area contributed by atoms with Crippen molar-refractivity contribution in [1.29, 1.82) is 0 Å². The zero-order valence-corrected chi connectivity index (χ0v) is 69.5. The van der Waals surface area contributed by atoms with Gasteiger partial charge in [-0.2, -0.15) is 0 Å². The fourth-order valence-electron chi connectivity index (χ4n) is 19.3. The second kappa shape index (κ2) is 30.8. The highest BCUT2D eigenvalue weighted by molar-refractivity contribution is 6.36. The molecule has 0 saturated heterocycles. The Bertz CT molecular complexity index is 8980. The van der Waals surface area contributed by atoms with Crippen molar-refractivity contribution >= 4 is 163 Å². The third-order valence-electron chi connectivity index (χ3n) is 25.4. The fourth-order valence-corrected chi connectivity index (χ4v) is 19.3. The lowest BCUT2D eigenvalue weighted by Gasteiger charge is -2.14. The summed E-state index contributed by atoms with van der Waals surface area (Å²) < 4.78 is 19.1. The minimum atomic E-state index is 0.712. The standard InChI is InChI=1S/3C40H24N2O/c1-3-11-25(12-4-1)36-24-37(42-40(41-36)26-13-5-2-6-14-26)27-19-20-30-32(21-27)28-15-7-8-16-29(28)33-22-35-31-17-9-10-18-38(31)43-39(35)23-34(30)33;1-3-11-25(12-4-1)34-24-35(42-40(41-34)26-13-5-2-6-14-26)27-19-20-29-31-21-22-37-39(32-17-9-10-18-36(32)43-37)38(31)30-16-8-7-15-28(30)33(29)23-27;1-3-11-25(12-4-1)35-24-36(42-40(41-35)26-13-5-2-6-14-26)27-19-20-32-34(23-27)29-16-8-7-15-28(29)31-21-22-33-30-17-9-10-18-37(30)43-39(33)38(31)32/h3*1-24H. The number of benzene rings is 21. The number of nitrogens with zero attached hydrogens (tertiary/aromatic N) is 6. The molecule has 600 valence electrons. The van der Waals surface area contributed by atoms with E-state index in [2.05, 4.69) is 291 Å². The number of hydrogen-bond acceptors (Lipinski definition) is 9. The minimum Gasteiger partial charge on any atom is -0.456 e. The Morgan fingerprint density at radius 2 is 0.388 bits per heavy atom. The molecule has 0 aliphatic heterocycles. The maximum Gasteiger partial charge on any atom is 0.160 e. The van der Waals surface area contributed by atoms with Crippen molar-refractivity contribution in [3.05, 3.63) is 437 Å². The van der Waals surface area contributed by atoms with Crippen molar-refractivity contribution < 1.29 is 13.3 Å². The Hall–Kier alpha value is -17.4. The van der Waals surface area contributed by atoms with Gasteiger partial charge in [0.1, 0.15) is 33.5 Å². The zero-order chi connectivity index (χ0) is 85.0. The summed E-state index contributed by atoms with van der Waals surface area (Å²) in [7, 11) is 0. The van der Waals surface area contributed by atoms with Gasteiger partial charge in [0, 0.05) is 93.2 Å². The lowest BCUT2D eigenvalue weighted by molar-refractivity contribution is 0.669. The van der Waals surface area contributed by atoms with E-state index in [0.717, 1.165) is 156 Å². The van der Waals surface area contributed by atoms with Crippen molar-refractivity contribution in [2.75, 3.05) is 0 Å². The molecular weight excluding hydrogens is 1570 g/mol. The van der Waals surface area contributed by atoms with Crippen LogP contribution in [0.3, 0.4) is 0 Å². The topological polar surface area (TPSA) is 117 Å². The summed E-state index contributed by atoms with van der Waals surface area (Å²) in [5, 5.41) is 28.5. The monoisotopic (exact) mass is 1640 g/mol. The molecule has 21 aromatic carbocycles. The summed E-state index contributed by atoms with van der Waals surface area (Å²) in [6, 6.07) is 152. The van der Waals surface area contributed by atoms with E-state index in [1.807, 2.05) is 146 Å². The summed E-state index contributed by atoms with van der Waals surface area (Å²) in [6.07, 6.45) is 0. The minimum absolute atomic E-state index is 0.712. The van der Waals surface area contributed by atoms with Gasteiger partial charge < -0.3 is 13.3 Å². The van der Waals surface area contributed by atoms with Crippen LogP contribution in [0.5, 0.6) is 0 Å². The summed E-state index contributed by atoms with van der Waals surface area (Å²) in [6.45, 7) is 0. The van der Waals surface area contributed by atoms with Gasteiger partial charge in [0.15, 0.2) is 17.5 Å². The lowest BCUT2D eigenvalue weighted by Crippen LogP contribution is -1.96. The molecule has 0 fully saturated rings. The molecule has 0 spiro atoms. The number of aromatic nitrogens is 6. The molecule has 0 amide bonds. The van der Waals surface area contributed by atoms with Crippen LogP contribution >= 0.6 is 0 Å². The van der Waals surface area contributed by atoms with Crippen molar-refractivity contribution in [3.63, 3.8) is 0 Å². The van der Waals surface area contributed by atoms with Crippen LogP contribution < -0.4 is 0 Å². The third-order valence-corrected chi connectivity index (χ3v) is 25.4. The lowest BCUT2D eigenvalue weighted by atomic mass is 9.90. The van der Waals surface area contributed by atoms with E-state index in [1.165, 1.54) is 97.0 Å². The molecule has 0 aliphatic rings. The van der Waals surface area contributed by atoms with Crippen LogP contribution in [0, 0.1) is 0 Å². The molecule has 0 bridgehead atoms. The Balaban J connectivity index is 0.000000105. The highest BCUT2D eigenvalue weighted by Gasteiger charge is 2.23. The highest BCUT2D eigenvalue weighted by atomic mass is 16.3. The van der Waals surface area contributed by atoms with Gasteiger partial charge in [-0.25, -0.2) is 29.9 Å². The molecule has 0 saturated carbocycles. The van der Waals surface area contributed by atoms with Crippen LogP contribution in [-0.4, -0.2) is 29.9 Å². The number of para-hydroxylation sites is 3. The molecule has 0 unspecified atom stereocenters. The predicted molar refractivity (Wildman–Crippen MR) is 534 cm³/mol. The van der Waals surface area contributed by atoms with E-state index in [0.29, 0.717) is 11.6 Å². The maximum atomic E-state index is 6.55. The average Bonchev–Trinajstić information content (AvgIpc) is 2.17. The van der Waals surface area contributed by atoms with Crippen LogP contribution in [0.25, 0.3) is 264 Å². The molecule has 27 aromatic rings. The number of fused-ring (bicyclic) bond motifs is 29. The number of furan rings is 3. The molecule has 0 atom stereocenters. The third kappa shape index (κ3) is 12.9. The highest BCUT2D eigenvalue weighted by Crippen LogP contribution is 2.48. The molecule has 6 aromatic heterocycles. The van der Waals surface area contributed by atoms with E-state index >= 15 is 0 Å². The summed E-state index contributed by atoms with van der Waals surface area (Å²) >= 11 is 0. The largest absolute Gasteiger partial charge is 0.456 e. The van der Waals surface area contributed by atoms with Crippen molar-refractivity contribution in [2.45, 2.75) is 0 Å². The Kier molecular flexibility index (Phi) is 17.7. The second-order valence-electron chi connectivity index (χ2n) is 32.9. The molecular formula is C120H72N6O3. The van der Waals surface area contributed by atoms with Gasteiger partial charge in [0.25, 0.3) is 0 Å². The predicted octanol–water partition coefficient (Wildman–Crippen LogP) is 32.5. The zero-order valence-electron chi connectivity index (χ0n) is 69.5. The van der Waals surface area contributed by atoms with Gasteiger partial charge in [-0.15, -0.1) is 0 Å². The van der Waals surface area contributed by atoms with E-state index in [4.69, 9.17) is 43.2 Å². The van der Waals surface area contributed by atoms with Crippen LogP contribution in [-0.2, 0) is 0 Å². The van der Waals surface area contributed by atoms with Gasteiger partial charge >= 0.3 is 0 Å². The summed E-state index contributed by atoms with van der Waals surface area (Å²) in [5.41, 5.74) is 20.2. The summed E-state index contributed by atoms with van der Waals surface area (Å²) in [5.74, 6) is 2.15. The van der Waals surface area contributed by atoms with Crippen molar-refractivity contribution in [3.8, 4) is 102 Å². The van der Waals surface area contributed by atoms with Gasteiger partial charge in [0.2, 0.25) is 0 Å². The van der Waals surface area contributed by atoms with Gasteiger partial charge in [-0.1, -0.05) is 352 Å². The van der Waals surface area contributed by atoms with Crippen LogP contribution in [0.1, 0.15) is 0 Å². The molecule has 0 radical (unpaired) electrons. The molecule has 9 heteroatoms. The van der Waals surface area contributed by atoms with Crippen molar-refractivity contribution in [2.24, 2.45) is 0 Å². The fraction of sp³-hybridized carbons (Fsp3) is 0. The van der Waals surface area contributed by atoms with E-state index < -0.39 is 0 Å². The Morgan fingerprint density at radius 1 is 0.124 bits per heavy atom. The maximum absolute atomic E-state index is 6.55. The molecule has 0 N–H and O–H groups in total. The number of rotatable bonds is 9. The Morgan fingerprint density at radius 3 is 0.845 bits per heavy atom. The van der Waals surface area contributed by atoms with E-state index in [1.54, 1.807) is 0 Å². The van der Waals surface area contributed by atoms with Gasteiger partial charge in [-0.3, -0.25) is 0 Å². The molecule has 6 heterocycles. The second-order valence-corrected chi connectivity index (χ2v) is 32.9. The first kappa shape index (κ1) is 74.2. The first-order chi connectivity index (χ1) is 63.9. The number of hydrogen-bond donors (Lipinski definition) is 0. The smallest absolute Gasteiger partial charge is 0.160 e. The van der Waals surface area contributed by atoms with Crippen molar-refractivity contribution in [1.82, 2.24) is 29.9 Å². The van der Waals surface area contributed by atoms with Gasteiger partial charge in [-0.05, 0) is 171 Å². The molecule has 0 aliphatic carbocycles. The average molecular weight is 1650 g/mol. The van der Waals surface area contributed by atoms with Crippen LogP contribution in [0.4, 0.5) is 0 Å². The quantitative estimate of drug-likeness (QED) is 0.130. The van der Waals surface area contributed by atoms with E-state index in [-0.39, 0.29) is 0 Å². The van der Waals surface area contributed by atoms with Crippen LogP contribution in [0.15, 0.2) is 450 Å². The molecule has 9 nitrogen and oxygen atoms in total. The first-order valence-corrected chi connectivity index (χ1v) is 43.5. The molecule has 27 rings (SSSR count). The first-order valence-electron chi connectivity index (χ1n) is 43.5. The van der Waals surface area contributed by atoms with Crippen LogP contribution in [0.2, 0.25) is 0 Å². The van der Waals surface area contributed by atoms with Gasteiger partial charge in [0.05, 0.1) is 34.2 Å². The molecule has 129 heavy (non-hydrogen) atoms. The SMILES string of the molecule is c1ccc(-c2cc(-c3ccc4c(c3)c3ccccc3c3c4ccc4oc5ccccc5c43)nc(-c3ccccc3)n2)cc1.c1ccc(-c2cc(-c3ccc4c(c3)c3ccccc3c3cc5c(cc43)oc3ccccc35)nc(-c3ccccc3)n2)cc1.c1ccc(-c2cc(-c3ccc4c(c3)c3ccccc3c3ccc5c6ccccc6oc5c34)nc(-c3ccccc3)n2)cc1. The normalized spacial score (nSPS) is 11.7. The van der Waals surface area contributed by atoms with E-state index in [9.17, 15) is 0 Å².